The fourth-order valence-electron chi connectivity index (χ4n) is 4.68. The fraction of sp³-hybridized carbons (Fsp3) is 0.621. The highest BCUT2D eigenvalue weighted by atomic mass is 16.6. The largest absolute Gasteiger partial charge is 0.490 e. The Morgan fingerprint density at radius 2 is 1.61 bits per heavy atom. The summed E-state index contributed by atoms with van der Waals surface area (Å²) in [7, 11) is 0. The minimum Gasteiger partial charge on any atom is -0.490 e. The van der Waals surface area contributed by atoms with E-state index in [1.807, 2.05) is 20.8 Å². The van der Waals surface area contributed by atoms with Gasteiger partial charge in [0.1, 0.15) is 11.4 Å². The smallest absolute Gasteiger partial charge is 0.306 e. The topological polar surface area (TPSA) is 47.6 Å². The van der Waals surface area contributed by atoms with E-state index in [1.54, 1.807) is 0 Å². The van der Waals surface area contributed by atoms with Crippen molar-refractivity contribution in [2.45, 2.75) is 98.3 Å². The van der Waals surface area contributed by atoms with Crippen LogP contribution in [0.4, 0.5) is 0 Å². The van der Waals surface area contributed by atoms with Crippen LogP contribution in [0.1, 0.15) is 85.6 Å². The van der Waals surface area contributed by atoms with E-state index in [1.165, 1.54) is 29.2 Å². The predicted molar refractivity (Wildman–Crippen MR) is 137 cm³/mol. The molecule has 0 radical (unpaired) electrons. The number of hydrogen-bond acceptors (Lipinski definition) is 4. The summed E-state index contributed by atoms with van der Waals surface area (Å²) in [6, 6.07) is 13.0. The summed E-state index contributed by atoms with van der Waals surface area (Å²) in [5, 5.41) is 5.87. The second kappa shape index (κ2) is 10.9. The number of rotatable bonds is 8. The summed E-state index contributed by atoms with van der Waals surface area (Å²) in [5.74, 6) is 1.66. The van der Waals surface area contributed by atoms with Crippen LogP contribution in [0.15, 0.2) is 36.4 Å². The van der Waals surface area contributed by atoms with Crippen molar-refractivity contribution in [3.63, 3.8) is 0 Å². The van der Waals surface area contributed by atoms with Crippen molar-refractivity contribution >= 4 is 16.7 Å². The van der Waals surface area contributed by atoms with Gasteiger partial charge in [-0.05, 0) is 105 Å². The zero-order valence-electron chi connectivity index (χ0n) is 21.5. The van der Waals surface area contributed by atoms with Gasteiger partial charge in [0.2, 0.25) is 0 Å². The van der Waals surface area contributed by atoms with Gasteiger partial charge in [-0.2, -0.15) is 0 Å². The Hall–Kier alpha value is -2.07. The molecule has 2 aromatic carbocycles. The number of fused-ring (bicyclic) bond motifs is 1. The van der Waals surface area contributed by atoms with E-state index in [4.69, 9.17) is 9.47 Å². The Bertz CT molecular complexity index is 915. The molecule has 0 atom stereocenters. The van der Waals surface area contributed by atoms with Crippen LogP contribution < -0.4 is 10.1 Å². The first-order chi connectivity index (χ1) is 15.5. The number of nitrogens with one attached hydrogen (secondary N) is 1. The summed E-state index contributed by atoms with van der Waals surface area (Å²) in [6.45, 7) is 14.4. The molecule has 182 valence electrons. The second-order valence-corrected chi connectivity index (χ2v) is 11.7. The van der Waals surface area contributed by atoms with Crippen LogP contribution in [-0.2, 0) is 16.1 Å². The van der Waals surface area contributed by atoms with Crippen molar-refractivity contribution in [3.8, 4) is 5.75 Å². The van der Waals surface area contributed by atoms with E-state index in [-0.39, 0.29) is 5.97 Å². The van der Waals surface area contributed by atoms with E-state index in [9.17, 15) is 4.79 Å². The van der Waals surface area contributed by atoms with E-state index < -0.39 is 5.60 Å². The molecular weight excluding hydrogens is 410 g/mol. The van der Waals surface area contributed by atoms with E-state index in [0.29, 0.717) is 17.9 Å². The van der Waals surface area contributed by atoms with Crippen molar-refractivity contribution in [1.29, 1.82) is 0 Å². The van der Waals surface area contributed by atoms with Gasteiger partial charge in [-0.15, -0.1) is 0 Å². The molecule has 1 N–H and O–H groups in total. The lowest BCUT2D eigenvalue weighted by Gasteiger charge is -2.37. The number of carbonyl (C=O) groups excluding carboxylic acids is 1. The maximum atomic E-state index is 11.8. The van der Waals surface area contributed by atoms with Gasteiger partial charge in [0.05, 0.1) is 6.10 Å². The average molecular weight is 454 g/mol. The molecule has 1 saturated carbocycles. The van der Waals surface area contributed by atoms with Crippen LogP contribution in [0.3, 0.4) is 0 Å². The molecule has 1 aliphatic rings. The van der Waals surface area contributed by atoms with Crippen LogP contribution in [0.5, 0.6) is 5.75 Å². The molecule has 0 aliphatic heterocycles. The molecular formula is C29H43NO3. The van der Waals surface area contributed by atoms with Gasteiger partial charge < -0.3 is 14.8 Å². The first kappa shape index (κ1) is 25.6. The summed E-state index contributed by atoms with van der Waals surface area (Å²) in [6.07, 6.45) is 6.39. The molecule has 2 aromatic rings. The first-order valence-corrected chi connectivity index (χ1v) is 12.6. The van der Waals surface area contributed by atoms with Crippen LogP contribution >= 0.6 is 0 Å². The monoisotopic (exact) mass is 453 g/mol. The van der Waals surface area contributed by atoms with Crippen molar-refractivity contribution in [1.82, 2.24) is 5.32 Å². The molecule has 33 heavy (non-hydrogen) atoms. The Morgan fingerprint density at radius 3 is 2.27 bits per heavy atom. The zero-order valence-corrected chi connectivity index (χ0v) is 21.5. The average Bonchev–Trinajstić information content (AvgIpc) is 2.72. The van der Waals surface area contributed by atoms with Crippen LogP contribution in [0, 0.1) is 11.3 Å². The minimum atomic E-state index is -0.410. The van der Waals surface area contributed by atoms with Gasteiger partial charge >= 0.3 is 5.97 Å². The highest BCUT2D eigenvalue weighted by molar-refractivity contribution is 5.84. The van der Waals surface area contributed by atoms with Gasteiger partial charge in [-0.25, -0.2) is 0 Å². The highest BCUT2D eigenvalue weighted by Crippen LogP contribution is 2.39. The molecule has 0 amide bonds. The third kappa shape index (κ3) is 8.33. The van der Waals surface area contributed by atoms with Crippen molar-refractivity contribution in [3.05, 3.63) is 42.0 Å². The van der Waals surface area contributed by atoms with Crippen molar-refractivity contribution < 1.29 is 14.3 Å². The van der Waals surface area contributed by atoms with Gasteiger partial charge in [-0.3, -0.25) is 4.79 Å². The second-order valence-electron chi connectivity index (χ2n) is 11.7. The molecule has 4 nitrogen and oxygen atoms in total. The Morgan fingerprint density at radius 1 is 0.939 bits per heavy atom. The van der Waals surface area contributed by atoms with Gasteiger partial charge in [0, 0.05) is 13.0 Å². The maximum absolute atomic E-state index is 11.8. The van der Waals surface area contributed by atoms with Gasteiger partial charge in [0.25, 0.3) is 0 Å². The van der Waals surface area contributed by atoms with E-state index in [0.717, 1.165) is 44.0 Å². The molecule has 0 bridgehead atoms. The fourth-order valence-corrected chi connectivity index (χ4v) is 4.68. The molecule has 3 rings (SSSR count). The number of carbonyl (C=O) groups is 1. The SMILES string of the molecule is CC(C)(C)OC(=O)CCCNCc1ccc2cc(OC3CCC(C(C)(C)C)CC3)ccc2c1. The normalized spacial score (nSPS) is 19.5. The Labute approximate surface area is 200 Å². The molecule has 1 fully saturated rings. The number of hydrogen-bond donors (Lipinski definition) is 1. The molecule has 0 spiro atoms. The maximum Gasteiger partial charge on any atom is 0.306 e. The molecule has 0 heterocycles. The minimum absolute atomic E-state index is 0.129. The Balaban J connectivity index is 1.44. The van der Waals surface area contributed by atoms with Crippen LogP contribution in [0.25, 0.3) is 10.8 Å². The summed E-state index contributed by atoms with van der Waals surface area (Å²) >= 11 is 0. The van der Waals surface area contributed by atoms with E-state index in [2.05, 4.69) is 62.5 Å². The third-order valence-corrected chi connectivity index (χ3v) is 6.56. The summed E-state index contributed by atoms with van der Waals surface area (Å²) < 4.78 is 11.7. The summed E-state index contributed by atoms with van der Waals surface area (Å²) in [4.78, 5) is 11.8. The quantitative estimate of drug-likeness (QED) is 0.344. The van der Waals surface area contributed by atoms with Crippen LogP contribution in [-0.4, -0.2) is 24.2 Å². The predicted octanol–water partition coefficient (Wildman–Crippen LogP) is 7.04. The lowest BCUT2D eigenvalue weighted by molar-refractivity contribution is -0.154. The van der Waals surface area contributed by atoms with Gasteiger partial charge in [-0.1, -0.05) is 39.0 Å². The zero-order chi connectivity index (χ0) is 24.1. The van der Waals surface area contributed by atoms with Crippen molar-refractivity contribution in [2.24, 2.45) is 11.3 Å². The Kier molecular flexibility index (Phi) is 8.44. The van der Waals surface area contributed by atoms with Crippen LogP contribution in [0.2, 0.25) is 0 Å². The van der Waals surface area contributed by atoms with Gasteiger partial charge in [0.15, 0.2) is 0 Å². The standard InChI is InChI=1S/C29H43NO3/c1-28(2,3)24-12-15-25(16-13-24)32-26-14-11-22-18-21(9-10-23(22)19-26)20-30-17-7-8-27(31)33-29(4,5)6/h9-11,14,18-19,24-25,30H,7-8,12-13,15-17,20H2,1-6H3. The third-order valence-electron chi connectivity index (χ3n) is 6.56. The number of benzene rings is 2. The molecule has 4 heteroatoms. The molecule has 0 aromatic heterocycles. The molecule has 0 unspecified atom stereocenters. The summed E-state index contributed by atoms with van der Waals surface area (Å²) in [5.41, 5.74) is 1.24. The number of esters is 1. The first-order valence-electron chi connectivity index (χ1n) is 12.6. The van der Waals surface area contributed by atoms with E-state index >= 15 is 0 Å². The lowest BCUT2D eigenvalue weighted by Crippen LogP contribution is -2.30. The molecule has 1 aliphatic carbocycles. The lowest BCUT2D eigenvalue weighted by atomic mass is 9.72. The number of ether oxygens (including phenoxy) is 2. The highest BCUT2D eigenvalue weighted by Gasteiger charge is 2.30. The van der Waals surface area contributed by atoms with Crippen molar-refractivity contribution in [2.75, 3.05) is 6.54 Å². The molecule has 0 saturated heterocycles.